The van der Waals surface area contributed by atoms with Crippen LogP contribution in [-0.4, -0.2) is 33.8 Å². The van der Waals surface area contributed by atoms with Crippen LogP contribution in [0.25, 0.3) is 0 Å². The van der Waals surface area contributed by atoms with Crippen LogP contribution < -0.4 is 4.90 Å². The molecule has 2 amide bonds. The number of halogens is 3. The first-order chi connectivity index (χ1) is 12.9. The van der Waals surface area contributed by atoms with Crippen LogP contribution in [0.4, 0.5) is 5.82 Å². The van der Waals surface area contributed by atoms with Crippen LogP contribution in [0.15, 0.2) is 24.4 Å². The summed E-state index contributed by atoms with van der Waals surface area (Å²) in [5, 5.41) is 5.56. The van der Waals surface area contributed by atoms with E-state index in [-0.39, 0.29) is 34.9 Å². The minimum absolute atomic E-state index is 0.168. The first kappa shape index (κ1) is 17.5. The molecule has 0 spiro atoms. The number of carbonyl (C=O) groups excluding carboxylic acids is 2. The molecule has 3 aliphatic heterocycles. The number of fused-ring (bicyclic) bond motifs is 5. The molecule has 9 heteroatoms. The molecule has 2 bridgehead atoms. The number of imide groups is 1. The average Bonchev–Trinajstić information content (AvgIpc) is 3.36. The minimum Gasteiger partial charge on any atom is -0.373 e. The predicted octanol–water partition coefficient (Wildman–Crippen LogP) is 3.56. The van der Waals surface area contributed by atoms with Gasteiger partial charge in [0.25, 0.3) is 0 Å². The van der Waals surface area contributed by atoms with Crippen molar-refractivity contribution in [1.82, 2.24) is 9.78 Å². The highest BCUT2D eigenvalue weighted by atomic mass is 35.5. The van der Waals surface area contributed by atoms with Crippen molar-refractivity contribution in [1.29, 1.82) is 0 Å². The Labute approximate surface area is 169 Å². The van der Waals surface area contributed by atoms with Crippen LogP contribution in [0.1, 0.15) is 18.4 Å². The highest BCUT2D eigenvalue weighted by Crippen LogP contribution is 2.49. The molecule has 1 aromatic carbocycles. The number of aromatic nitrogens is 2. The van der Waals surface area contributed by atoms with E-state index in [2.05, 4.69) is 5.10 Å². The number of ether oxygens (including phenoxy) is 1. The van der Waals surface area contributed by atoms with E-state index in [0.29, 0.717) is 16.6 Å². The molecular weight excluding hydrogens is 413 g/mol. The molecule has 0 unspecified atom stereocenters. The van der Waals surface area contributed by atoms with Crippen LogP contribution in [0, 0.1) is 11.8 Å². The lowest BCUT2D eigenvalue weighted by Gasteiger charge is -2.15. The number of hydrogen-bond acceptors (Lipinski definition) is 4. The van der Waals surface area contributed by atoms with E-state index < -0.39 is 11.8 Å². The van der Waals surface area contributed by atoms with Gasteiger partial charge in [0.2, 0.25) is 11.8 Å². The summed E-state index contributed by atoms with van der Waals surface area (Å²) in [5.41, 5.74) is 0.873. The van der Waals surface area contributed by atoms with Gasteiger partial charge in [-0.15, -0.1) is 0 Å². The maximum atomic E-state index is 12.9. The van der Waals surface area contributed by atoms with Crippen molar-refractivity contribution in [3.05, 3.63) is 45.0 Å². The Kier molecular flexibility index (Phi) is 4.02. The normalized spacial score (nSPS) is 29.1. The Morgan fingerprint density at radius 1 is 1.00 bits per heavy atom. The zero-order chi connectivity index (χ0) is 18.9. The van der Waals surface area contributed by atoms with Gasteiger partial charge < -0.3 is 4.74 Å². The number of carbonyl (C=O) groups is 2. The second-order valence-corrected chi connectivity index (χ2v) is 8.32. The molecule has 3 fully saturated rings. The molecule has 0 N–H and O–H groups in total. The van der Waals surface area contributed by atoms with Gasteiger partial charge in [-0.2, -0.15) is 5.10 Å². The van der Waals surface area contributed by atoms with Crippen molar-refractivity contribution in [2.75, 3.05) is 4.90 Å². The van der Waals surface area contributed by atoms with Gasteiger partial charge in [-0.1, -0.05) is 40.9 Å². The third-order valence-corrected chi connectivity index (χ3v) is 6.53. The zero-order valence-corrected chi connectivity index (χ0v) is 16.2. The topological polar surface area (TPSA) is 64.4 Å². The summed E-state index contributed by atoms with van der Waals surface area (Å²) in [7, 11) is 0. The standard InChI is InChI=1S/C18H14Cl3N3O3/c19-9-2-1-8(5-10(9)20)6-23-7-11(21)16(22-23)24-17(25)14-12-3-4-13(27-12)15(14)18(24)26/h1-2,5,7,12-15H,3-4,6H2/t12-,13-,14-,15-/m0/s1. The van der Waals surface area contributed by atoms with Gasteiger partial charge in [0.1, 0.15) is 5.02 Å². The summed E-state index contributed by atoms with van der Waals surface area (Å²) in [4.78, 5) is 26.9. The van der Waals surface area contributed by atoms with E-state index in [1.165, 1.54) is 0 Å². The Hall–Kier alpha value is -1.60. The van der Waals surface area contributed by atoms with Gasteiger partial charge >= 0.3 is 0 Å². The Morgan fingerprint density at radius 3 is 2.30 bits per heavy atom. The molecule has 3 saturated heterocycles. The fourth-order valence-corrected chi connectivity index (χ4v) is 4.92. The lowest BCUT2D eigenvalue weighted by atomic mass is 9.81. The van der Waals surface area contributed by atoms with Crippen LogP contribution in [0.3, 0.4) is 0 Å². The van der Waals surface area contributed by atoms with Crippen LogP contribution in [-0.2, 0) is 20.9 Å². The monoisotopic (exact) mass is 425 g/mol. The van der Waals surface area contributed by atoms with E-state index >= 15 is 0 Å². The quantitative estimate of drug-likeness (QED) is 0.704. The van der Waals surface area contributed by atoms with E-state index in [4.69, 9.17) is 39.5 Å². The highest BCUT2D eigenvalue weighted by Gasteiger charge is 2.63. The second-order valence-electron chi connectivity index (χ2n) is 7.10. The molecule has 27 heavy (non-hydrogen) atoms. The summed E-state index contributed by atoms with van der Waals surface area (Å²) in [6.07, 6.45) is 2.90. The maximum absolute atomic E-state index is 12.9. The lowest BCUT2D eigenvalue weighted by molar-refractivity contribution is -0.124. The smallest absolute Gasteiger partial charge is 0.241 e. The van der Waals surface area contributed by atoms with E-state index in [0.717, 1.165) is 23.3 Å². The Balaban J connectivity index is 1.44. The second kappa shape index (κ2) is 6.21. The van der Waals surface area contributed by atoms with Gasteiger partial charge in [-0.3, -0.25) is 14.3 Å². The number of amides is 2. The summed E-state index contributed by atoms with van der Waals surface area (Å²) in [6.45, 7) is 0.383. The molecule has 2 aromatic rings. The molecule has 1 aromatic heterocycles. The minimum atomic E-state index is -0.410. The molecule has 0 aliphatic carbocycles. The van der Waals surface area contributed by atoms with Crippen LogP contribution in [0.2, 0.25) is 15.1 Å². The number of nitrogens with zero attached hydrogens (tertiary/aromatic N) is 3. The Bertz CT molecular complexity index is 948. The van der Waals surface area contributed by atoms with Gasteiger partial charge in [0.15, 0.2) is 5.82 Å². The number of anilines is 1. The fraction of sp³-hybridized carbons (Fsp3) is 0.389. The fourth-order valence-electron chi connectivity index (χ4n) is 4.37. The molecule has 5 rings (SSSR count). The van der Waals surface area contributed by atoms with E-state index in [1.54, 1.807) is 23.0 Å². The van der Waals surface area contributed by atoms with Crippen LogP contribution >= 0.6 is 34.8 Å². The van der Waals surface area contributed by atoms with Gasteiger partial charge in [0.05, 0.1) is 40.6 Å². The molecule has 140 valence electrons. The van der Waals surface area contributed by atoms with E-state index in [1.807, 2.05) is 6.07 Å². The molecular formula is C18H14Cl3N3O3. The zero-order valence-electron chi connectivity index (χ0n) is 13.9. The third kappa shape index (κ3) is 2.62. The molecule has 0 saturated carbocycles. The van der Waals surface area contributed by atoms with Crippen molar-refractivity contribution in [2.24, 2.45) is 11.8 Å². The van der Waals surface area contributed by atoms with Crippen LogP contribution in [0.5, 0.6) is 0 Å². The Morgan fingerprint density at radius 2 is 1.67 bits per heavy atom. The van der Waals surface area contributed by atoms with E-state index in [9.17, 15) is 9.59 Å². The summed E-state index contributed by atoms with van der Waals surface area (Å²) >= 11 is 18.3. The predicted molar refractivity (Wildman–Crippen MR) is 100 cm³/mol. The summed E-state index contributed by atoms with van der Waals surface area (Å²) in [6, 6.07) is 5.27. The van der Waals surface area contributed by atoms with Crippen molar-refractivity contribution in [2.45, 2.75) is 31.6 Å². The lowest BCUT2D eigenvalue weighted by Crippen LogP contribution is -2.34. The van der Waals surface area contributed by atoms with Crippen molar-refractivity contribution < 1.29 is 14.3 Å². The molecule has 4 heterocycles. The van der Waals surface area contributed by atoms with Crippen molar-refractivity contribution >= 4 is 52.4 Å². The average molecular weight is 427 g/mol. The number of rotatable bonds is 3. The first-order valence-corrected chi connectivity index (χ1v) is 9.77. The maximum Gasteiger partial charge on any atom is 0.241 e. The molecule has 4 atom stereocenters. The molecule has 3 aliphatic rings. The first-order valence-electron chi connectivity index (χ1n) is 8.64. The van der Waals surface area contributed by atoms with Gasteiger partial charge in [0, 0.05) is 6.20 Å². The highest BCUT2D eigenvalue weighted by molar-refractivity contribution is 6.42. The summed E-state index contributed by atoms with van der Waals surface area (Å²) in [5.74, 6) is -1.17. The summed E-state index contributed by atoms with van der Waals surface area (Å²) < 4.78 is 7.33. The number of hydrogen-bond donors (Lipinski definition) is 0. The molecule has 6 nitrogen and oxygen atoms in total. The van der Waals surface area contributed by atoms with Crippen molar-refractivity contribution in [3.8, 4) is 0 Å². The third-order valence-electron chi connectivity index (χ3n) is 5.52. The number of benzene rings is 1. The van der Waals surface area contributed by atoms with Gasteiger partial charge in [-0.05, 0) is 30.5 Å². The largest absolute Gasteiger partial charge is 0.373 e. The molecule has 0 radical (unpaired) electrons. The van der Waals surface area contributed by atoms with Crippen molar-refractivity contribution in [3.63, 3.8) is 0 Å². The van der Waals surface area contributed by atoms with Gasteiger partial charge in [-0.25, -0.2) is 4.90 Å². The SMILES string of the molecule is O=C1[C@@H]2[C@@H](C(=O)N1c1nn(Cc3ccc(Cl)c(Cl)c3)cc1Cl)[C@@H]1CC[C@@H]2O1.